The summed E-state index contributed by atoms with van der Waals surface area (Å²) in [5, 5.41) is 0. The van der Waals surface area contributed by atoms with Crippen LogP contribution in [-0.4, -0.2) is 29.6 Å². The standard InChI is InChI=1S/C23H32O4/c1-13(24)17-5-6-18-16-11-20-23(27-20)12-15(26-14(2)25)7-10-22(23,4)19(16)8-9-21(17,18)3/h5,15-16,18-20H,6-12H2,1-4H3/t15-,16-,18-,19-,20+,21+,22+,23-/m0/s1. The van der Waals surface area contributed by atoms with Crippen LogP contribution in [0.15, 0.2) is 11.6 Å². The fourth-order valence-electron chi connectivity index (χ4n) is 8.09. The average molecular weight is 373 g/mol. The van der Waals surface area contributed by atoms with E-state index in [4.69, 9.17) is 9.47 Å². The summed E-state index contributed by atoms with van der Waals surface area (Å²) in [6, 6.07) is 0. The number of hydrogen-bond donors (Lipinski definition) is 0. The molecule has 5 rings (SSSR count). The molecule has 0 amide bonds. The highest BCUT2D eigenvalue weighted by atomic mass is 16.6. The first-order valence-electron chi connectivity index (χ1n) is 10.8. The molecule has 5 aliphatic rings. The van der Waals surface area contributed by atoms with E-state index in [-0.39, 0.29) is 34.3 Å². The third-order valence-electron chi connectivity index (χ3n) is 9.33. The summed E-state index contributed by atoms with van der Waals surface area (Å²) < 4.78 is 12.0. The van der Waals surface area contributed by atoms with Gasteiger partial charge in [0.05, 0.1) is 6.10 Å². The van der Waals surface area contributed by atoms with Crippen molar-refractivity contribution < 1.29 is 19.1 Å². The molecular formula is C23H32O4. The van der Waals surface area contributed by atoms with Gasteiger partial charge in [-0.15, -0.1) is 0 Å². The van der Waals surface area contributed by atoms with Crippen LogP contribution in [0.4, 0.5) is 0 Å². The molecule has 27 heavy (non-hydrogen) atoms. The van der Waals surface area contributed by atoms with Gasteiger partial charge in [-0.25, -0.2) is 0 Å². The number of ether oxygens (including phenoxy) is 2. The molecule has 1 aliphatic heterocycles. The van der Waals surface area contributed by atoms with Gasteiger partial charge in [0.15, 0.2) is 5.78 Å². The average Bonchev–Trinajstić information content (AvgIpc) is 3.15. The van der Waals surface area contributed by atoms with Crippen LogP contribution in [0.25, 0.3) is 0 Å². The highest BCUT2D eigenvalue weighted by Crippen LogP contribution is 2.73. The van der Waals surface area contributed by atoms with Gasteiger partial charge in [-0.1, -0.05) is 19.9 Å². The lowest BCUT2D eigenvalue weighted by Crippen LogP contribution is -2.58. The minimum absolute atomic E-state index is 0.0171. The van der Waals surface area contributed by atoms with Crippen LogP contribution in [0.3, 0.4) is 0 Å². The molecule has 0 N–H and O–H groups in total. The van der Waals surface area contributed by atoms with Gasteiger partial charge < -0.3 is 9.47 Å². The minimum Gasteiger partial charge on any atom is -0.462 e. The van der Waals surface area contributed by atoms with Crippen molar-refractivity contribution in [1.82, 2.24) is 0 Å². The summed E-state index contributed by atoms with van der Waals surface area (Å²) in [5.74, 6) is 1.98. The number of allylic oxidation sites excluding steroid dienone is 2. The maximum atomic E-state index is 12.2. The molecule has 148 valence electrons. The molecule has 4 aliphatic carbocycles. The van der Waals surface area contributed by atoms with Gasteiger partial charge in [0.2, 0.25) is 0 Å². The number of ketones is 1. The van der Waals surface area contributed by atoms with E-state index in [0.29, 0.717) is 23.9 Å². The predicted octanol–water partition coefficient (Wildman–Crippen LogP) is 4.22. The van der Waals surface area contributed by atoms with Gasteiger partial charge in [-0.3, -0.25) is 9.59 Å². The van der Waals surface area contributed by atoms with E-state index in [1.807, 2.05) is 0 Å². The molecule has 0 unspecified atom stereocenters. The van der Waals surface area contributed by atoms with Gasteiger partial charge in [0.1, 0.15) is 11.7 Å². The molecule has 0 bridgehead atoms. The number of hydrogen-bond acceptors (Lipinski definition) is 4. The third-order valence-corrected chi connectivity index (χ3v) is 9.33. The van der Waals surface area contributed by atoms with Gasteiger partial charge >= 0.3 is 5.97 Å². The second kappa shape index (κ2) is 5.46. The summed E-state index contributed by atoms with van der Waals surface area (Å²) in [7, 11) is 0. The minimum atomic E-state index is -0.173. The zero-order valence-corrected chi connectivity index (χ0v) is 17.0. The maximum absolute atomic E-state index is 12.2. The topological polar surface area (TPSA) is 55.9 Å². The van der Waals surface area contributed by atoms with E-state index in [9.17, 15) is 9.59 Å². The second-order valence-corrected chi connectivity index (χ2v) is 10.4. The zero-order valence-electron chi connectivity index (χ0n) is 17.0. The lowest BCUT2D eigenvalue weighted by Gasteiger charge is -2.59. The quantitative estimate of drug-likeness (QED) is 0.538. The van der Waals surface area contributed by atoms with Crippen molar-refractivity contribution in [2.75, 3.05) is 0 Å². The lowest BCUT2D eigenvalue weighted by atomic mass is 9.44. The van der Waals surface area contributed by atoms with Crippen molar-refractivity contribution in [3.63, 3.8) is 0 Å². The van der Waals surface area contributed by atoms with Crippen molar-refractivity contribution in [1.29, 1.82) is 0 Å². The molecule has 4 heteroatoms. The van der Waals surface area contributed by atoms with Crippen molar-refractivity contribution >= 4 is 11.8 Å². The molecule has 1 heterocycles. The van der Waals surface area contributed by atoms with E-state index in [1.165, 1.54) is 13.3 Å². The molecule has 8 atom stereocenters. The molecule has 1 spiro atoms. The smallest absolute Gasteiger partial charge is 0.302 e. The molecule has 4 fully saturated rings. The Morgan fingerprint density at radius 2 is 1.93 bits per heavy atom. The lowest BCUT2D eigenvalue weighted by molar-refractivity contribution is -0.156. The third kappa shape index (κ3) is 2.19. The number of fused-ring (bicyclic) bond motifs is 4. The Balaban J connectivity index is 1.43. The fourth-order valence-corrected chi connectivity index (χ4v) is 8.09. The number of carbonyl (C=O) groups is 2. The Hall–Kier alpha value is -1.16. The maximum Gasteiger partial charge on any atom is 0.302 e. The Morgan fingerprint density at radius 3 is 2.63 bits per heavy atom. The molecule has 0 aromatic carbocycles. The zero-order chi connectivity index (χ0) is 19.2. The van der Waals surface area contributed by atoms with Crippen LogP contribution in [-0.2, 0) is 19.1 Å². The van der Waals surface area contributed by atoms with Gasteiger partial charge in [0, 0.05) is 18.8 Å². The molecular weight excluding hydrogens is 340 g/mol. The fraction of sp³-hybridized carbons (Fsp3) is 0.826. The highest BCUT2D eigenvalue weighted by Gasteiger charge is 2.76. The van der Waals surface area contributed by atoms with Crippen molar-refractivity contribution in [3.05, 3.63) is 11.6 Å². The number of rotatable bonds is 2. The summed E-state index contributed by atoms with van der Waals surface area (Å²) in [6.07, 6.45) is 9.96. The van der Waals surface area contributed by atoms with E-state index in [2.05, 4.69) is 19.9 Å². The van der Waals surface area contributed by atoms with E-state index < -0.39 is 0 Å². The summed E-state index contributed by atoms with van der Waals surface area (Å²) in [6.45, 7) is 8.03. The SMILES string of the molecule is CC(=O)O[C@H]1CC[C@]2(C)[C@H]3CC[C@]4(C)C(C(C)=O)=CC[C@H]4[C@@H]3C[C@H]3O[C@@]32C1. The summed E-state index contributed by atoms with van der Waals surface area (Å²) in [4.78, 5) is 23.7. The summed E-state index contributed by atoms with van der Waals surface area (Å²) in [5.41, 5.74) is 1.25. The molecule has 0 aromatic rings. The first-order chi connectivity index (χ1) is 12.7. The molecule has 1 saturated heterocycles. The largest absolute Gasteiger partial charge is 0.462 e. The molecule has 0 radical (unpaired) electrons. The summed E-state index contributed by atoms with van der Waals surface area (Å²) >= 11 is 0. The normalized spacial score (nSPS) is 52.6. The van der Waals surface area contributed by atoms with E-state index in [0.717, 1.165) is 44.1 Å². The van der Waals surface area contributed by atoms with Crippen LogP contribution in [0, 0.1) is 28.6 Å². The first kappa shape index (κ1) is 17.9. The molecule has 0 aromatic heterocycles. The van der Waals surface area contributed by atoms with Gasteiger partial charge in [0.25, 0.3) is 0 Å². The van der Waals surface area contributed by atoms with Gasteiger partial charge in [-0.2, -0.15) is 0 Å². The Kier molecular flexibility index (Phi) is 3.62. The van der Waals surface area contributed by atoms with E-state index in [1.54, 1.807) is 6.92 Å². The van der Waals surface area contributed by atoms with E-state index >= 15 is 0 Å². The number of Topliss-reactive ketones (excluding diaryl/α,β-unsaturated/α-hetero) is 1. The molecule has 4 nitrogen and oxygen atoms in total. The predicted molar refractivity (Wildman–Crippen MR) is 101 cm³/mol. The Bertz CT molecular complexity index is 741. The van der Waals surface area contributed by atoms with Crippen LogP contribution >= 0.6 is 0 Å². The second-order valence-electron chi connectivity index (χ2n) is 10.4. The Labute approximate surface area is 162 Å². The van der Waals surface area contributed by atoms with Gasteiger partial charge in [-0.05, 0) is 74.2 Å². The van der Waals surface area contributed by atoms with Crippen LogP contribution in [0.2, 0.25) is 0 Å². The number of esters is 1. The monoisotopic (exact) mass is 372 g/mol. The first-order valence-corrected chi connectivity index (χ1v) is 10.8. The molecule has 3 saturated carbocycles. The highest BCUT2D eigenvalue weighted by molar-refractivity contribution is 5.95. The number of epoxide rings is 1. The Morgan fingerprint density at radius 1 is 1.15 bits per heavy atom. The van der Waals surface area contributed by atoms with Crippen molar-refractivity contribution in [2.24, 2.45) is 28.6 Å². The van der Waals surface area contributed by atoms with Crippen molar-refractivity contribution in [2.45, 2.75) is 90.4 Å². The van der Waals surface area contributed by atoms with Crippen molar-refractivity contribution in [3.8, 4) is 0 Å². The van der Waals surface area contributed by atoms with Crippen LogP contribution < -0.4 is 0 Å². The van der Waals surface area contributed by atoms with Crippen LogP contribution in [0.5, 0.6) is 0 Å². The van der Waals surface area contributed by atoms with Crippen LogP contribution in [0.1, 0.15) is 72.6 Å². The number of carbonyl (C=O) groups excluding carboxylic acids is 2.